The van der Waals surface area contributed by atoms with E-state index in [1.165, 1.54) is 0 Å². The van der Waals surface area contributed by atoms with E-state index < -0.39 is 0 Å². The first-order valence-electron chi connectivity index (χ1n) is 3.82. The normalized spacial score (nSPS) is 9.75. The minimum atomic E-state index is -0.0598. The molecule has 4 N–H and O–H groups in total. The number of rotatable bonds is 4. The lowest BCUT2D eigenvalue weighted by molar-refractivity contribution is -0.116. The Morgan fingerprint density at radius 2 is 2.58 bits per heavy atom. The molecular weight excluding hydrogens is 156 g/mol. The van der Waals surface area contributed by atoms with Crippen LogP contribution in [0, 0.1) is 0 Å². The van der Waals surface area contributed by atoms with Gasteiger partial charge < -0.3 is 10.7 Å². The minimum Gasteiger partial charge on any atom is -0.331 e. The van der Waals surface area contributed by atoms with Gasteiger partial charge >= 0.3 is 0 Å². The summed E-state index contributed by atoms with van der Waals surface area (Å²) in [7, 11) is 0. The Balaban J connectivity index is 2.27. The van der Waals surface area contributed by atoms with E-state index in [1.807, 2.05) is 0 Å². The fourth-order valence-corrected chi connectivity index (χ4v) is 0.791. The van der Waals surface area contributed by atoms with E-state index in [2.05, 4.69) is 15.3 Å². The maximum atomic E-state index is 11.0. The molecule has 5 heteroatoms. The van der Waals surface area contributed by atoms with Crippen LogP contribution in [0.4, 0.5) is 5.95 Å². The smallest absolute Gasteiger partial charge is 0.226 e. The molecule has 0 atom stereocenters. The van der Waals surface area contributed by atoms with Crippen molar-refractivity contribution >= 4 is 11.9 Å². The number of carbonyl (C=O) groups is 1. The fraction of sp³-hybridized carbons (Fsp3) is 0.429. The van der Waals surface area contributed by atoms with Gasteiger partial charge in [0.25, 0.3) is 0 Å². The molecule has 12 heavy (non-hydrogen) atoms. The highest BCUT2D eigenvalue weighted by Crippen LogP contribution is 1.97. The standard InChI is InChI=1S/C7H12N4O/c8-3-1-2-6(12)11-7-9-4-5-10-7/h4-5H,1-3,8H2,(H2,9,10,11,12). The first-order chi connectivity index (χ1) is 5.83. The monoisotopic (exact) mass is 168 g/mol. The first kappa shape index (κ1) is 8.73. The number of imidazole rings is 1. The minimum absolute atomic E-state index is 0.0598. The Labute approximate surface area is 70.4 Å². The van der Waals surface area contributed by atoms with Gasteiger partial charge in [0.05, 0.1) is 0 Å². The SMILES string of the molecule is NCCCC(=O)Nc1ncc[nH]1. The molecule has 0 aliphatic heterocycles. The van der Waals surface area contributed by atoms with E-state index >= 15 is 0 Å². The summed E-state index contributed by atoms with van der Waals surface area (Å²) in [5, 5.41) is 2.60. The van der Waals surface area contributed by atoms with Crippen molar-refractivity contribution in [2.75, 3.05) is 11.9 Å². The average molecular weight is 168 g/mol. The van der Waals surface area contributed by atoms with Crippen molar-refractivity contribution in [3.63, 3.8) is 0 Å². The number of anilines is 1. The van der Waals surface area contributed by atoms with Crippen molar-refractivity contribution < 1.29 is 4.79 Å². The first-order valence-corrected chi connectivity index (χ1v) is 3.82. The molecule has 1 aromatic rings. The average Bonchev–Trinajstić information content (AvgIpc) is 2.53. The zero-order chi connectivity index (χ0) is 8.81. The van der Waals surface area contributed by atoms with E-state index in [-0.39, 0.29) is 5.91 Å². The number of hydrogen-bond donors (Lipinski definition) is 3. The summed E-state index contributed by atoms with van der Waals surface area (Å²) in [6.45, 7) is 0.533. The highest BCUT2D eigenvalue weighted by atomic mass is 16.1. The summed E-state index contributed by atoms with van der Waals surface area (Å²) in [5.41, 5.74) is 5.25. The molecule has 1 aromatic heterocycles. The van der Waals surface area contributed by atoms with E-state index in [0.717, 1.165) is 0 Å². The Kier molecular flexibility index (Phi) is 3.28. The zero-order valence-electron chi connectivity index (χ0n) is 6.71. The van der Waals surface area contributed by atoms with E-state index in [4.69, 9.17) is 5.73 Å². The number of H-pyrrole nitrogens is 1. The highest BCUT2D eigenvalue weighted by Gasteiger charge is 2.01. The number of carbonyl (C=O) groups excluding carboxylic acids is 1. The molecule has 0 aliphatic rings. The zero-order valence-corrected chi connectivity index (χ0v) is 6.71. The van der Waals surface area contributed by atoms with Crippen molar-refractivity contribution in [3.8, 4) is 0 Å². The Hall–Kier alpha value is -1.36. The molecule has 1 amide bonds. The number of aromatic amines is 1. The van der Waals surface area contributed by atoms with Gasteiger partial charge in [0.1, 0.15) is 0 Å². The predicted molar refractivity (Wildman–Crippen MR) is 45.5 cm³/mol. The van der Waals surface area contributed by atoms with Crippen LogP contribution < -0.4 is 11.1 Å². The van der Waals surface area contributed by atoms with Crippen LogP contribution >= 0.6 is 0 Å². The van der Waals surface area contributed by atoms with E-state index in [0.29, 0.717) is 25.3 Å². The summed E-state index contributed by atoms with van der Waals surface area (Å²) in [4.78, 5) is 17.7. The lowest BCUT2D eigenvalue weighted by Gasteiger charge is -1.99. The summed E-state index contributed by atoms with van der Waals surface area (Å²) in [5.74, 6) is 0.424. The number of amides is 1. The van der Waals surface area contributed by atoms with Crippen LogP contribution in [-0.4, -0.2) is 22.4 Å². The third-order valence-electron chi connectivity index (χ3n) is 1.36. The molecule has 0 saturated carbocycles. The summed E-state index contributed by atoms with van der Waals surface area (Å²) < 4.78 is 0. The molecular formula is C7H12N4O. The fourth-order valence-electron chi connectivity index (χ4n) is 0.791. The second-order valence-electron chi connectivity index (χ2n) is 2.38. The van der Waals surface area contributed by atoms with Crippen molar-refractivity contribution in [1.29, 1.82) is 0 Å². The van der Waals surface area contributed by atoms with Gasteiger partial charge in [-0.1, -0.05) is 0 Å². The molecule has 5 nitrogen and oxygen atoms in total. The number of nitrogens with zero attached hydrogens (tertiary/aromatic N) is 1. The summed E-state index contributed by atoms with van der Waals surface area (Å²) >= 11 is 0. The van der Waals surface area contributed by atoms with Crippen molar-refractivity contribution in [3.05, 3.63) is 12.4 Å². The van der Waals surface area contributed by atoms with E-state index in [9.17, 15) is 4.79 Å². The molecule has 1 heterocycles. The second kappa shape index (κ2) is 4.50. The van der Waals surface area contributed by atoms with Crippen LogP contribution in [0.5, 0.6) is 0 Å². The maximum absolute atomic E-state index is 11.0. The van der Waals surface area contributed by atoms with Gasteiger partial charge in [-0.2, -0.15) is 0 Å². The number of nitrogens with two attached hydrogens (primary N) is 1. The topological polar surface area (TPSA) is 83.8 Å². The third-order valence-corrected chi connectivity index (χ3v) is 1.36. The van der Waals surface area contributed by atoms with Crippen LogP contribution in [0.1, 0.15) is 12.8 Å². The molecule has 0 unspecified atom stereocenters. The molecule has 0 aromatic carbocycles. The predicted octanol–water partition coefficient (Wildman–Crippen LogP) is 0.0871. The molecule has 0 spiro atoms. The second-order valence-corrected chi connectivity index (χ2v) is 2.38. The molecule has 0 fully saturated rings. The van der Waals surface area contributed by atoms with Crippen LogP contribution in [0.25, 0.3) is 0 Å². The third kappa shape index (κ3) is 2.71. The molecule has 0 aliphatic carbocycles. The van der Waals surface area contributed by atoms with Gasteiger partial charge in [-0.25, -0.2) is 4.98 Å². The number of hydrogen-bond acceptors (Lipinski definition) is 3. The van der Waals surface area contributed by atoms with Crippen molar-refractivity contribution in [2.24, 2.45) is 5.73 Å². The molecule has 0 saturated heterocycles. The van der Waals surface area contributed by atoms with Gasteiger partial charge in [-0.15, -0.1) is 0 Å². The lowest BCUT2D eigenvalue weighted by atomic mass is 10.3. The van der Waals surface area contributed by atoms with Crippen molar-refractivity contribution in [2.45, 2.75) is 12.8 Å². The number of aromatic nitrogens is 2. The molecule has 66 valence electrons. The van der Waals surface area contributed by atoms with Crippen LogP contribution in [0.15, 0.2) is 12.4 Å². The Bertz CT molecular complexity index is 232. The quantitative estimate of drug-likeness (QED) is 0.595. The largest absolute Gasteiger partial charge is 0.331 e. The number of nitrogens with one attached hydrogen (secondary N) is 2. The molecule has 0 bridgehead atoms. The van der Waals surface area contributed by atoms with Gasteiger partial charge in [-0.05, 0) is 13.0 Å². The summed E-state index contributed by atoms with van der Waals surface area (Å²) in [6, 6.07) is 0. The maximum Gasteiger partial charge on any atom is 0.226 e. The van der Waals surface area contributed by atoms with Crippen LogP contribution in [-0.2, 0) is 4.79 Å². The Morgan fingerprint density at radius 1 is 1.75 bits per heavy atom. The lowest BCUT2D eigenvalue weighted by Crippen LogP contribution is -2.14. The summed E-state index contributed by atoms with van der Waals surface area (Å²) in [6.07, 6.45) is 4.38. The van der Waals surface area contributed by atoms with E-state index in [1.54, 1.807) is 12.4 Å². The highest BCUT2D eigenvalue weighted by molar-refractivity contribution is 5.88. The van der Waals surface area contributed by atoms with Gasteiger partial charge in [-0.3, -0.25) is 10.1 Å². The van der Waals surface area contributed by atoms with Crippen molar-refractivity contribution in [1.82, 2.24) is 9.97 Å². The Morgan fingerprint density at radius 3 is 3.17 bits per heavy atom. The molecule has 0 radical (unpaired) electrons. The molecule has 1 rings (SSSR count). The van der Waals surface area contributed by atoms with Crippen LogP contribution in [0.2, 0.25) is 0 Å². The van der Waals surface area contributed by atoms with Crippen LogP contribution in [0.3, 0.4) is 0 Å². The van der Waals surface area contributed by atoms with Gasteiger partial charge in [0.2, 0.25) is 11.9 Å². The van der Waals surface area contributed by atoms with Gasteiger partial charge in [0.15, 0.2) is 0 Å². The van der Waals surface area contributed by atoms with Gasteiger partial charge in [0, 0.05) is 18.8 Å².